The van der Waals surface area contributed by atoms with E-state index in [4.69, 9.17) is 4.74 Å². The minimum Gasteiger partial charge on any atom is -0.462 e. The SMILES string of the molecule is CCOC(=O)c1ccc(NC(=O)N2CCN(c3ccc(C)cc3)CC2)cc1. The van der Waals surface area contributed by atoms with Gasteiger partial charge in [-0.2, -0.15) is 0 Å². The van der Waals surface area contributed by atoms with E-state index in [1.54, 1.807) is 31.2 Å². The van der Waals surface area contributed by atoms with Gasteiger partial charge in [-0.25, -0.2) is 9.59 Å². The molecule has 0 unspecified atom stereocenters. The third-order valence-corrected chi connectivity index (χ3v) is 4.61. The molecule has 2 aromatic carbocycles. The van der Waals surface area contributed by atoms with Crippen molar-refractivity contribution in [3.63, 3.8) is 0 Å². The van der Waals surface area contributed by atoms with E-state index >= 15 is 0 Å². The Morgan fingerprint density at radius 3 is 2.19 bits per heavy atom. The van der Waals surface area contributed by atoms with E-state index in [1.807, 2.05) is 4.90 Å². The fraction of sp³-hybridized carbons (Fsp3) is 0.333. The lowest BCUT2D eigenvalue weighted by Gasteiger charge is -2.36. The Bertz CT molecular complexity index is 779. The third kappa shape index (κ3) is 4.78. The van der Waals surface area contributed by atoms with Crippen LogP contribution in [0.15, 0.2) is 48.5 Å². The number of aryl methyl sites for hydroxylation is 1. The van der Waals surface area contributed by atoms with E-state index in [0.717, 1.165) is 13.1 Å². The van der Waals surface area contributed by atoms with Crippen LogP contribution in [0.3, 0.4) is 0 Å². The van der Waals surface area contributed by atoms with E-state index in [0.29, 0.717) is 30.9 Å². The first-order chi connectivity index (χ1) is 13.1. The summed E-state index contributed by atoms with van der Waals surface area (Å²) in [6.45, 7) is 7.13. The number of hydrogen-bond acceptors (Lipinski definition) is 4. The van der Waals surface area contributed by atoms with Crippen molar-refractivity contribution in [2.45, 2.75) is 13.8 Å². The zero-order valence-electron chi connectivity index (χ0n) is 15.8. The van der Waals surface area contributed by atoms with Crippen molar-refractivity contribution in [3.05, 3.63) is 59.7 Å². The van der Waals surface area contributed by atoms with Gasteiger partial charge in [-0.1, -0.05) is 17.7 Å². The number of nitrogens with one attached hydrogen (secondary N) is 1. The number of benzene rings is 2. The number of urea groups is 1. The molecule has 0 aliphatic carbocycles. The molecular weight excluding hydrogens is 342 g/mol. The molecule has 27 heavy (non-hydrogen) atoms. The first kappa shape index (κ1) is 18.8. The zero-order chi connectivity index (χ0) is 19.2. The van der Waals surface area contributed by atoms with E-state index in [2.05, 4.69) is 41.4 Å². The summed E-state index contributed by atoms with van der Waals surface area (Å²) in [5.41, 5.74) is 3.57. The van der Waals surface area contributed by atoms with Crippen LogP contribution in [0.1, 0.15) is 22.8 Å². The lowest BCUT2D eigenvalue weighted by molar-refractivity contribution is 0.0526. The Labute approximate surface area is 159 Å². The van der Waals surface area contributed by atoms with E-state index in [-0.39, 0.29) is 12.0 Å². The molecule has 0 saturated carbocycles. The molecule has 0 radical (unpaired) electrons. The molecule has 2 aromatic rings. The number of hydrogen-bond donors (Lipinski definition) is 1. The molecule has 1 N–H and O–H groups in total. The Morgan fingerprint density at radius 2 is 1.59 bits per heavy atom. The second-order valence-electron chi connectivity index (χ2n) is 6.54. The number of carbonyl (C=O) groups is 2. The Hall–Kier alpha value is -3.02. The van der Waals surface area contributed by atoms with E-state index < -0.39 is 0 Å². The molecule has 0 aromatic heterocycles. The van der Waals surface area contributed by atoms with Crippen molar-refractivity contribution < 1.29 is 14.3 Å². The Balaban J connectivity index is 1.52. The maximum atomic E-state index is 12.5. The van der Waals surface area contributed by atoms with Crippen molar-refractivity contribution in [2.24, 2.45) is 0 Å². The normalized spacial score (nSPS) is 14.0. The van der Waals surface area contributed by atoms with Crippen LogP contribution in [0.25, 0.3) is 0 Å². The van der Waals surface area contributed by atoms with Gasteiger partial charge in [0.25, 0.3) is 0 Å². The topological polar surface area (TPSA) is 61.9 Å². The van der Waals surface area contributed by atoms with Crippen molar-refractivity contribution >= 4 is 23.4 Å². The quantitative estimate of drug-likeness (QED) is 0.840. The van der Waals surface area contributed by atoms with Gasteiger partial charge >= 0.3 is 12.0 Å². The van der Waals surface area contributed by atoms with Crippen LogP contribution < -0.4 is 10.2 Å². The highest BCUT2D eigenvalue weighted by atomic mass is 16.5. The first-order valence-electron chi connectivity index (χ1n) is 9.21. The van der Waals surface area contributed by atoms with Crippen LogP contribution in [-0.2, 0) is 4.74 Å². The summed E-state index contributed by atoms with van der Waals surface area (Å²) in [6.07, 6.45) is 0. The van der Waals surface area contributed by atoms with Gasteiger partial charge in [-0.05, 0) is 50.2 Å². The summed E-state index contributed by atoms with van der Waals surface area (Å²) in [5.74, 6) is -0.359. The standard InChI is InChI=1S/C21H25N3O3/c1-3-27-20(25)17-6-8-18(9-7-17)22-21(26)24-14-12-23(13-15-24)19-10-4-16(2)5-11-19/h4-11H,3,12-15H2,1-2H3,(H,22,26). The van der Waals surface area contributed by atoms with Gasteiger partial charge in [-0.15, -0.1) is 0 Å². The Morgan fingerprint density at radius 1 is 0.963 bits per heavy atom. The molecule has 0 spiro atoms. The van der Waals surface area contributed by atoms with Gasteiger partial charge in [0.15, 0.2) is 0 Å². The largest absolute Gasteiger partial charge is 0.462 e. The average Bonchev–Trinajstić information content (AvgIpc) is 2.69. The summed E-state index contributed by atoms with van der Waals surface area (Å²) in [7, 11) is 0. The number of ether oxygens (including phenoxy) is 1. The number of esters is 1. The molecule has 2 amide bonds. The summed E-state index contributed by atoms with van der Waals surface area (Å²) in [5, 5.41) is 2.89. The molecule has 1 saturated heterocycles. The minimum atomic E-state index is -0.359. The van der Waals surface area contributed by atoms with Gasteiger partial charge in [-0.3, -0.25) is 0 Å². The Kier molecular flexibility index (Phi) is 5.96. The second kappa shape index (κ2) is 8.58. The molecule has 6 nitrogen and oxygen atoms in total. The van der Waals surface area contributed by atoms with Crippen LogP contribution >= 0.6 is 0 Å². The van der Waals surface area contributed by atoms with Crippen molar-refractivity contribution in [3.8, 4) is 0 Å². The lowest BCUT2D eigenvalue weighted by Crippen LogP contribution is -2.50. The summed E-state index contributed by atoms with van der Waals surface area (Å²) >= 11 is 0. The maximum absolute atomic E-state index is 12.5. The van der Waals surface area contributed by atoms with Gasteiger partial charge in [0.2, 0.25) is 0 Å². The number of carbonyl (C=O) groups excluding carboxylic acids is 2. The predicted molar refractivity (Wildman–Crippen MR) is 106 cm³/mol. The third-order valence-electron chi connectivity index (χ3n) is 4.61. The fourth-order valence-electron chi connectivity index (χ4n) is 3.03. The molecule has 6 heteroatoms. The number of amides is 2. The monoisotopic (exact) mass is 367 g/mol. The van der Waals surface area contributed by atoms with Crippen LogP contribution in [0.2, 0.25) is 0 Å². The lowest BCUT2D eigenvalue weighted by atomic mass is 10.2. The van der Waals surface area contributed by atoms with Crippen molar-refractivity contribution in [1.82, 2.24) is 4.90 Å². The first-order valence-corrected chi connectivity index (χ1v) is 9.21. The van der Waals surface area contributed by atoms with Gasteiger partial charge in [0.05, 0.1) is 12.2 Å². The van der Waals surface area contributed by atoms with Crippen LogP contribution in [0, 0.1) is 6.92 Å². The molecule has 0 bridgehead atoms. The molecular formula is C21H25N3O3. The smallest absolute Gasteiger partial charge is 0.338 e. The van der Waals surface area contributed by atoms with Crippen LogP contribution in [0.5, 0.6) is 0 Å². The number of nitrogens with zero attached hydrogens (tertiary/aromatic N) is 2. The minimum absolute atomic E-state index is 0.123. The summed E-state index contributed by atoms with van der Waals surface area (Å²) in [6, 6.07) is 15.1. The van der Waals surface area contributed by atoms with E-state index in [9.17, 15) is 9.59 Å². The molecule has 1 heterocycles. The van der Waals surface area contributed by atoms with E-state index in [1.165, 1.54) is 11.3 Å². The van der Waals surface area contributed by atoms with Crippen molar-refractivity contribution in [1.29, 1.82) is 0 Å². The summed E-state index contributed by atoms with van der Waals surface area (Å²) < 4.78 is 4.96. The highest BCUT2D eigenvalue weighted by Gasteiger charge is 2.21. The number of anilines is 2. The molecule has 1 fully saturated rings. The maximum Gasteiger partial charge on any atom is 0.338 e. The molecule has 142 valence electrons. The van der Waals surface area contributed by atoms with Gasteiger partial charge in [0, 0.05) is 37.6 Å². The van der Waals surface area contributed by atoms with Gasteiger partial charge in [0.1, 0.15) is 0 Å². The highest BCUT2D eigenvalue weighted by molar-refractivity contribution is 5.92. The average molecular weight is 367 g/mol. The highest BCUT2D eigenvalue weighted by Crippen LogP contribution is 2.18. The van der Waals surface area contributed by atoms with Crippen LogP contribution in [-0.4, -0.2) is 49.7 Å². The number of piperazine rings is 1. The fourth-order valence-corrected chi connectivity index (χ4v) is 3.03. The summed E-state index contributed by atoms with van der Waals surface area (Å²) in [4.78, 5) is 28.2. The van der Waals surface area contributed by atoms with Crippen LogP contribution in [0.4, 0.5) is 16.2 Å². The second-order valence-corrected chi connectivity index (χ2v) is 6.54. The van der Waals surface area contributed by atoms with Gasteiger partial charge < -0.3 is 19.9 Å². The van der Waals surface area contributed by atoms with Crippen molar-refractivity contribution in [2.75, 3.05) is 43.0 Å². The molecule has 1 aliphatic heterocycles. The molecule has 0 atom stereocenters. The number of rotatable bonds is 4. The zero-order valence-corrected chi connectivity index (χ0v) is 15.8. The molecule has 1 aliphatic rings. The predicted octanol–water partition coefficient (Wildman–Crippen LogP) is 3.53. The molecule has 3 rings (SSSR count).